The molecule has 2 N–H and O–H groups in total. The molecular weight excluding hydrogens is 328 g/mol. The van der Waals surface area contributed by atoms with Crippen LogP contribution in [0.3, 0.4) is 0 Å². The number of ether oxygens (including phenoxy) is 1. The van der Waals surface area contributed by atoms with Crippen molar-refractivity contribution in [2.45, 2.75) is 39.7 Å². The highest BCUT2D eigenvalue weighted by Gasteiger charge is 2.29. The third-order valence-corrected chi connectivity index (χ3v) is 4.64. The molecule has 144 valence electrons. The number of likely N-dealkylation sites (tertiary alicyclic amines) is 1. The van der Waals surface area contributed by atoms with Crippen LogP contribution in [0.25, 0.3) is 0 Å². The van der Waals surface area contributed by atoms with E-state index in [9.17, 15) is 4.79 Å². The summed E-state index contributed by atoms with van der Waals surface area (Å²) in [7, 11) is 1.79. The van der Waals surface area contributed by atoms with E-state index in [0.29, 0.717) is 13.1 Å². The van der Waals surface area contributed by atoms with Crippen molar-refractivity contribution in [2.24, 2.45) is 10.4 Å². The molecule has 0 spiro atoms. The van der Waals surface area contributed by atoms with E-state index >= 15 is 0 Å². The van der Waals surface area contributed by atoms with Crippen molar-refractivity contribution in [1.82, 2.24) is 15.5 Å². The molecule has 1 fully saturated rings. The summed E-state index contributed by atoms with van der Waals surface area (Å²) in [6.07, 6.45) is 2.14. The highest BCUT2D eigenvalue weighted by Crippen LogP contribution is 2.19. The van der Waals surface area contributed by atoms with Gasteiger partial charge in [-0.15, -0.1) is 0 Å². The van der Waals surface area contributed by atoms with Crippen LogP contribution in [0, 0.1) is 5.41 Å². The molecule has 6 heteroatoms. The van der Waals surface area contributed by atoms with Gasteiger partial charge in [0.1, 0.15) is 11.9 Å². The molecule has 1 aromatic carbocycles. The van der Waals surface area contributed by atoms with Gasteiger partial charge in [0.05, 0.1) is 5.41 Å². The van der Waals surface area contributed by atoms with Gasteiger partial charge in [0.2, 0.25) is 5.91 Å². The van der Waals surface area contributed by atoms with Gasteiger partial charge in [0.15, 0.2) is 5.96 Å². The Kier molecular flexibility index (Phi) is 7.30. The maximum atomic E-state index is 12.1. The standard InChI is InChI=1S/C20H32N4O2/c1-5-22-18(25)20(2,3)15-23-19(21-4)24-13-11-17(12-14-24)26-16-9-7-6-8-10-16/h6-10,17H,5,11-15H2,1-4H3,(H,21,23)(H,22,25). The van der Waals surface area contributed by atoms with Gasteiger partial charge < -0.3 is 20.3 Å². The fourth-order valence-corrected chi connectivity index (χ4v) is 2.99. The van der Waals surface area contributed by atoms with Crippen molar-refractivity contribution in [2.75, 3.05) is 33.2 Å². The van der Waals surface area contributed by atoms with Gasteiger partial charge in [-0.05, 0) is 32.9 Å². The molecule has 1 saturated heterocycles. The van der Waals surface area contributed by atoms with E-state index in [1.165, 1.54) is 0 Å². The summed E-state index contributed by atoms with van der Waals surface area (Å²) in [5.41, 5.74) is -0.485. The highest BCUT2D eigenvalue weighted by atomic mass is 16.5. The topological polar surface area (TPSA) is 66.0 Å². The van der Waals surface area contributed by atoms with E-state index in [1.54, 1.807) is 7.05 Å². The van der Waals surface area contributed by atoms with E-state index in [2.05, 4.69) is 20.5 Å². The second kappa shape index (κ2) is 9.46. The lowest BCUT2D eigenvalue weighted by Gasteiger charge is -2.35. The molecule has 1 aliphatic rings. The van der Waals surface area contributed by atoms with Crippen LogP contribution < -0.4 is 15.4 Å². The number of hydrogen-bond acceptors (Lipinski definition) is 3. The minimum atomic E-state index is -0.485. The number of hydrogen-bond donors (Lipinski definition) is 2. The third kappa shape index (κ3) is 5.64. The first-order valence-corrected chi connectivity index (χ1v) is 9.42. The fraction of sp³-hybridized carbons (Fsp3) is 0.600. The van der Waals surface area contributed by atoms with Crippen molar-refractivity contribution < 1.29 is 9.53 Å². The van der Waals surface area contributed by atoms with Crippen LogP contribution in [-0.2, 0) is 4.79 Å². The van der Waals surface area contributed by atoms with Crippen LogP contribution in [0.15, 0.2) is 35.3 Å². The Balaban J connectivity index is 1.82. The fourth-order valence-electron chi connectivity index (χ4n) is 2.99. The zero-order valence-corrected chi connectivity index (χ0v) is 16.4. The number of guanidine groups is 1. The molecule has 0 radical (unpaired) electrons. The number of benzene rings is 1. The van der Waals surface area contributed by atoms with Gasteiger partial charge in [-0.3, -0.25) is 9.79 Å². The lowest BCUT2D eigenvalue weighted by molar-refractivity contribution is -0.128. The number of rotatable bonds is 6. The Bertz CT molecular complexity index is 593. The van der Waals surface area contributed by atoms with Crippen LogP contribution in [0.5, 0.6) is 5.75 Å². The Morgan fingerprint density at radius 1 is 1.23 bits per heavy atom. The van der Waals surface area contributed by atoms with Crippen LogP contribution in [0.1, 0.15) is 33.6 Å². The highest BCUT2D eigenvalue weighted by molar-refractivity contribution is 5.84. The predicted octanol–water partition coefficient (Wildman–Crippen LogP) is 2.27. The molecule has 0 bridgehead atoms. The Labute approximate surface area is 157 Å². The number of para-hydroxylation sites is 1. The summed E-state index contributed by atoms with van der Waals surface area (Å²) in [6, 6.07) is 9.97. The van der Waals surface area contributed by atoms with E-state index < -0.39 is 5.41 Å². The maximum absolute atomic E-state index is 12.1. The lowest BCUT2D eigenvalue weighted by Crippen LogP contribution is -2.51. The molecule has 0 saturated carbocycles. The van der Waals surface area contributed by atoms with Crippen LogP contribution in [-0.4, -0.2) is 56.1 Å². The molecule has 0 unspecified atom stereocenters. The summed E-state index contributed by atoms with van der Waals surface area (Å²) in [5, 5.41) is 6.24. The smallest absolute Gasteiger partial charge is 0.227 e. The predicted molar refractivity (Wildman–Crippen MR) is 105 cm³/mol. The van der Waals surface area contributed by atoms with Gasteiger partial charge in [0.25, 0.3) is 0 Å². The molecular formula is C20H32N4O2. The zero-order chi connectivity index (χ0) is 19.0. The second-order valence-corrected chi connectivity index (χ2v) is 7.26. The molecule has 1 aliphatic heterocycles. The SMILES string of the molecule is CCNC(=O)C(C)(C)CNC(=NC)N1CCC(Oc2ccccc2)CC1. The Morgan fingerprint density at radius 3 is 2.46 bits per heavy atom. The zero-order valence-electron chi connectivity index (χ0n) is 16.4. The molecule has 1 aromatic rings. The van der Waals surface area contributed by atoms with Crippen LogP contribution >= 0.6 is 0 Å². The van der Waals surface area contributed by atoms with Crippen molar-refractivity contribution in [1.29, 1.82) is 0 Å². The van der Waals surface area contributed by atoms with E-state index in [4.69, 9.17) is 4.74 Å². The summed E-state index contributed by atoms with van der Waals surface area (Å²) < 4.78 is 6.05. The van der Waals surface area contributed by atoms with Gasteiger partial charge in [-0.2, -0.15) is 0 Å². The number of amides is 1. The molecule has 6 nitrogen and oxygen atoms in total. The van der Waals surface area contributed by atoms with Crippen molar-refractivity contribution in [3.05, 3.63) is 30.3 Å². The lowest BCUT2D eigenvalue weighted by atomic mass is 9.92. The van der Waals surface area contributed by atoms with Crippen LogP contribution in [0.4, 0.5) is 0 Å². The monoisotopic (exact) mass is 360 g/mol. The second-order valence-electron chi connectivity index (χ2n) is 7.26. The molecule has 2 rings (SSSR count). The maximum Gasteiger partial charge on any atom is 0.227 e. The average molecular weight is 361 g/mol. The van der Waals surface area contributed by atoms with Gasteiger partial charge in [-0.25, -0.2) is 0 Å². The first-order chi connectivity index (χ1) is 12.5. The number of carbonyl (C=O) groups is 1. The van der Waals surface area contributed by atoms with E-state index in [0.717, 1.165) is 37.6 Å². The minimum Gasteiger partial charge on any atom is -0.490 e. The molecule has 1 amide bonds. The van der Waals surface area contributed by atoms with Gasteiger partial charge in [0, 0.05) is 46.1 Å². The number of piperidine rings is 1. The molecule has 0 aromatic heterocycles. The normalized spacial score (nSPS) is 16.3. The minimum absolute atomic E-state index is 0.0536. The van der Waals surface area contributed by atoms with E-state index in [-0.39, 0.29) is 12.0 Å². The summed E-state index contributed by atoms with van der Waals surface area (Å²) in [6.45, 7) is 8.79. The quantitative estimate of drug-likeness (QED) is 0.603. The van der Waals surface area contributed by atoms with E-state index in [1.807, 2.05) is 51.1 Å². The van der Waals surface area contributed by atoms with Crippen molar-refractivity contribution in [3.8, 4) is 5.75 Å². The first kappa shape index (κ1) is 20.1. The molecule has 1 heterocycles. The summed E-state index contributed by atoms with van der Waals surface area (Å²) >= 11 is 0. The summed E-state index contributed by atoms with van der Waals surface area (Å²) in [4.78, 5) is 18.8. The third-order valence-electron chi connectivity index (χ3n) is 4.64. The van der Waals surface area contributed by atoms with Crippen LogP contribution in [0.2, 0.25) is 0 Å². The Morgan fingerprint density at radius 2 is 1.88 bits per heavy atom. The molecule has 26 heavy (non-hydrogen) atoms. The number of carbonyl (C=O) groups excluding carboxylic acids is 1. The number of aliphatic imine (C=N–C) groups is 1. The Hall–Kier alpha value is -2.24. The number of nitrogens with one attached hydrogen (secondary N) is 2. The largest absolute Gasteiger partial charge is 0.490 e. The first-order valence-electron chi connectivity index (χ1n) is 9.42. The average Bonchev–Trinajstić information content (AvgIpc) is 2.64. The van der Waals surface area contributed by atoms with Gasteiger partial charge >= 0.3 is 0 Å². The van der Waals surface area contributed by atoms with Gasteiger partial charge in [-0.1, -0.05) is 18.2 Å². The summed E-state index contributed by atoms with van der Waals surface area (Å²) in [5.74, 6) is 1.83. The number of nitrogens with zero attached hydrogens (tertiary/aromatic N) is 2. The molecule has 0 atom stereocenters. The molecule has 0 aliphatic carbocycles. The van der Waals surface area contributed by atoms with Crippen molar-refractivity contribution in [3.63, 3.8) is 0 Å². The van der Waals surface area contributed by atoms with Crippen molar-refractivity contribution >= 4 is 11.9 Å².